The first-order valence-electron chi connectivity index (χ1n) is 4.51. The smallest absolute Gasteiger partial charge is 0.163 e. The van der Waals surface area contributed by atoms with E-state index < -0.39 is 0 Å². The van der Waals surface area contributed by atoms with E-state index in [1.54, 1.807) is 25.2 Å². The van der Waals surface area contributed by atoms with E-state index in [0.29, 0.717) is 11.3 Å². The summed E-state index contributed by atoms with van der Waals surface area (Å²) < 4.78 is 15.9. The molecule has 0 saturated heterocycles. The van der Waals surface area contributed by atoms with E-state index >= 15 is 0 Å². The van der Waals surface area contributed by atoms with Crippen molar-refractivity contribution >= 4 is 15.9 Å². The Hall–Kier alpha value is -1.67. The molecular formula is C11H7BrFN3. The molecule has 1 heterocycles. The summed E-state index contributed by atoms with van der Waals surface area (Å²) in [6.07, 6.45) is 0. The Bertz CT molecular complexity index is 583. The van der Waals surface area contributed by atoms with Crippen LogP contribution in [0.3, 0.4) is 0 Å². The van der Waals surface area contributed by atoms with E-state index in [9.17, 15) is 4.39 Å². The Balaban J connectivity index is 2.63. The average molecular weight is 280 g/mol. The molecule has 0 unspecified atom stereocenters. The zero-order chi connectivity index (χ0) is 11.7. The molecule has 0 saturated carbocycles. The zero-order valence-electron chi connectivity index (χ0n) is 8.41. The fourth-order valence-electron chi connectivity index (χ4n) is 1.47. The minimum absolute atomic E-state index is 0.275. The van der Waals surface area contributed by atoms with Gasteiger partial charge in [-0.1, -0.05) is 15.9 Å². The molecule has 80 valence electrons. The molecule has 0 aliphatic rings. The highest BCUT2D eigenvalue weighted by Gasteiger charge is 2.11. The average Bonchev–Trinajstić information content (AvgIpc) is 2.63. The highest BCUT2D eigenvalue weighted by Crippen LogP contribution is 2.26. The number of halogens is 2. The molecule has 0 aliphatic heterocycles. The second kappa shape index (κ2) is 4.06. The summed E-state index contributed by atoms with van der Waals surface area (Å²) >= 11 is 3.28. The minimum atomic E-state index is -0.337. The Labute approximate surface area is 100 Å². The van der Waals surface area contributed by atoms with E-state index in [1.165, 1.54) is 10.7 Å². The highest BCUT2D eigenvalue weighted by molar-refractivity contribution is 9.10. The molecular weight excluding hydrogens is 273 g/mol. The van der Waals surface area contributed by atoms with Gasteiger partial charge in [0, 0.05) is 23.2 Å². The minimum Gasteiger partial charge on any atom is -0.267 e. The van der Waals surface area contributed by atoms with Crippen LogP contribution in [-0.2, 0) is 7.05 Å². The summed E-state index contributed by atoms with van der Waals surface area (Å²) in [6.45, 7) is 0. The van der Waals surface area contributed by atoms with Gasteiger partial charge in [-0.25, -0.2) is 4.39 Å². The predicted molar refractivity (Wildman–Crippen MR) is 61.0 cm³/mol. The van der Waals surface area contributed by atoms with Crippen LogP contribution in [0.25, 0.3) is 11.3 Å². The second-order valence-electron chi connectivity index (χ2n) is 3.27. The van der Waals surface area contributed by atoms with Crippen molar-refractivity contribution in [2.75, 3.05) is 0 Å². The number of nitriles is 1. The van der Waals surface area contributed by atoms with Gasteiger partial charge in [-0.15, -0.1) is 0 Å². The van der Waals surface area contributed by atoms with Crippen LogP contribution >= 0.6 is 15.9 Å². The van der Waals surface area contributed by atoms with E-state index in [2.05, 4.69) is 21.0 Å². The Kier molecular flexibility index (Phi) is 2.75. The maximum Gasteiger partial charge on any atom is 0.163 e. The molecule has 0 amide bonds. The van der Waals surface area contributed by atoms with E-state index in [1.807, 2.05) is 6.07 Å². The van der Waals surface area contributed by atoms with Crippen molar-refractivity contribution in [3.63, 3.8) is 0 Å². The van der Waals surface area contributed by atoms with Crippen molar-refractivity contribution < 1.29 is 4.39 Å². The summed E-state index contributed by atoms with van der Waals surface area (Å²) in [5.41, 5.74) is 1.28. The standard InChI is InChI=1S/C11H7BrFN3/c1-16-11(5-8(6-14)15-16)9-4-7(12)2-3-10(9)13/h2-5H,1H3. The van der Waals surface area contributed by atoms with Crippen LogP contribution in [-0.4, -0.2) is 9.78 Å². The van der Waals surface area contributed by atoms with Crippen molar-refractivity contribution in [2.45, 2.75) is 0 Å². The van der Waals surface area contributed by atoms with Crippen LogP contribution in [0.2, 0.25) is 0 Å². The monoisotopic (exact) mass is 279 g/mol. The molecule has 1 aromatic heterocycles. The fourth-order valence-corrected chi connectivity index (χ4v) is 1.83. The Morgan fingerprint density at radius 1 is 1.44 bits per heavy atom. The molecule has 0 N–H and O–H groups in total. The van der Waals surface area contributed by atoms with Crippen LogP contribution in [0.4, 0.5) is 4.39 Å². The first-order chi connectivity index (χ1) is 7.61. The van der Waals surface area contributed by atoms with Gasteiger partial charge in [0.1, 0.15) is 11.9 Å². The van der Waals surface area contributed by atoms with Gasteiger partial charge in [0.05, 0.1) is 5.69 Å². The molecule has 0 bridgehead atoms. The van der Waals surface area contributed by atoms with Crippen molar-refractivity contribution in [1.82, 2.24) is 9.78 Å². The molecule has 0 spiro atoms. The third-order valence-corrected chi connectivity index (χ3v) is 2.69. The first kappa shape index (κ1) is 10.8. The predicted octanol–water partition coefficient (Wildman–Crippen LogP) is 2.86. The lowest BCUT2D eigenvalue weighted by Crippen LogP contribution is -1.95. The summed E-state index contributed by atoms with van der Waals surface area (Å²) in [5.74, 6) is -0.337. The maximum absolute atomic E-state index is 13.6. The molecule has 3 nitrogen and oxygen atoms in total. The molecule has 2 aromatic rings. The molecule has 0 radical (unpaired) electrons. The molecule has 16 heavy (non-hydrogen) atoms. The van der Waals surface area contributed by atoms with Gasteiger partial charge in [-0.2, -0.15) is 10.4 Å². The number of aryl methyl sites for hydroxylation is 1. The van der Waals surface area contributed by atoms with Crippen LogP contribution in [0, 0.1) is 17.1 Å². The number of hydrogen-bond acceptors (Lipinski definition) is 2. The molecule has 5 heteroatoms. The maximum atomic E-state index is 13.6. The molecule has 0 atom stereocenters. The SMILES string of the molecule is Cn1nc(C#N)cc1-c1cc(Br)ccc1F. The van der Waals surface area contributed by atoms with E-state index in [0.717, 1.165) is 4.47 Å². The second-order valence-corrected chi connectivity index (χ2v) is 4.19. The van der Waals surface area contributed by atoms with Gasteiger partial charge in [0.15, 0.2) is 5.69 Å². The topological polar surface area (TPSA) is 41.6 Å². The van der Waals surface area contributed by atoms with Crippen LogP contribution in [0.15, 0.2) is 28.7 Å². The first-order valence-corrected chi connectivity index (χ1v) is 5.30. The number of hydrogen-bond donors (Lipinski definition) is 0. The largest absolute Gasteiger partial charge is 0.267 e. The van der Waals surface area contributed by atoms with Crippen LogP contribution in [0.5, 0.6) is 0 Å². The normalized spacial score (nSPS) is 10.1. The molecule has 0 fully saturated rings. The molecule has 1 aromatic carbocycles. The lowest BCUT2D eigenvalue weighted by atomic mass is 10.1. The molecule has 0 aliphatic carbocycles. The summed E-state index contributed by atoms with van der Waals surface area (Å²) in [6, 6.07) is 8.15. The van der Waals surface area contributed by atoms with Crippen molar-refractivity contribution in [1.29, 1.82) is 5.26 Å². The molecule has 2 rings (SSSR count). The third-order valence-electron chi connectivity index (χ3n) is 2.20. The quantitative estimate of drug-likeness (QED) is 0.806. The summed E-state index contributed by atoms with van der Waals surface area (Å²) in [7, 11) is 1.68. The van der Waals surface area contributed by atoms with Gasteiger partial charge in [-0.05, 0) is 18.2 Å². The lowest BCUT2D eigenvalue weighted by molar-refractivity contribution is 0.627. The van der Waals surface area contributed by atoms with Gasteiger partial charge in [-0.3, -0.25) is 4.68 Å². The fraction of sp³-hybridized carbons (Fsp3) is 0.0909. The van der Waals surface area contributed by atoms with Crippen LogP contribution < -0.4 is 0 Å². The van der Waals surface area contributed by atoms with E-state index in [-0.39, 0.29) is 11.5 Å². The van der Waals surface area contributed by atoms with Gasteiger partial charge in [0.25, 0.3) is 0 Å². The number of benzene rings is 1. The lowest BCUT2D eigenvalue weighted by Gasteiger charge is -2.03. The van der Waals surface area contributed by atoms with Gasteiger partial charge >= 0.3 is 0 Å². The van der Waals surface area contributed by atoms with Crippen molar-refractivity contribution in [3.05, 3.63) is 40.2 Å². The highest BCUT2D eigenvalue weighted by atomic mass is 79.9. The summed E-state index contributed by atoms with van der Waals surface area (Å²) in [4.78, 5) is 0. The van der Waals surface area contributed by atoms with Crippen molar-refractivity contribution in [2.24, 2.45) is 7.05 Å². The zero-order valence-corrected chi connectivity index (χ0v) is 9.99. The van der Waals surface area contributed by atoms with E-state index in [4.69, 9.17) is 5.26 Å². The summed E-state index contributed by atoms with van der Waals surface area (Å²) in [5, 5.41) is 12.7. The Morgan fingerprint density at radius 2 is 2.19 bits per heavy atom. The Morgan fingerprint density at radius 3 is 2.81 bits per heavy atom. The van der Waals surface area contributed by atoms with Gasteiger partial charge < -0.3 is 0 Å². The number of rotatable bonds is 1. The number of aromatic nitrogens is 2. The van der Waals surface area contributed by atoms with Gasteiger partial charge in [0.2, 0.25) is 0 Å². The van der Waals surface area contributed by atoms with Crippen molar-refractivity contribution in [3.8, 4) is 17.3 Å². The van der Waals surface area contributed by atoms with Crippen LogP contribution in [0.1, 0.15) is 5.69 Å². The third kappa shape index (κ3) is 1.84. The number of nitrogens with zero attached hydrogens (tertiary/aromatic N) is 3.